The molecule has 30 heavy (non-hydrogen) atoms. The van der Waals surface area contributed by atoms with E-state index >= 15 is 0 Å². The zero-order valence-corrected chi connectivity index (χ0v) is 20.9. The normalized spacial score (nSPS) is 9.00. The maximum absolute atomic E-state index is 2.24. The number of benzene rings is 4. The number of hydrogen-bond acceptors (Lipinski definition) is 0. The highest BCUT2D eigenvalue weighted by Gasteiger charge is 2.12. The Balaban J connectivity index is 0.000000948. The van der Waals surface area contributed by atoms with Gasteiger partial charge in [0.15, 0.2) is 0 Å². The molecule has 0 heterocycles. The minimum atomic E-state index is 1.30. The first-order valence-corrected chi connectivity index (χ1v) is 11.7. The van der Waals surface area contributed by atoms with Crippen LogP contribution in [0.2, 0.25) is 0 Å². The Morgan fingerprint density at radius 3 is 1.00 bits per heavy atom. The van der Waals surface area contributed by atoms with E-state index in [2.05, 4.69) is 86.6 Å². The molecule has 0 amide bonds. The van der Waals surface area contributed by atoms with Crippen molar-refractivity contribution < 1.29 is 0 Å². The van der Waals surface area contributed by atoms with Crippen LogP contribution < -0.4 is 0 Å². The maximum atomic E-state index is 2.24. The van der Waals surface area contributed by atoms with E-state index in [1.54, 1.807) is 0 Å². The number of rotatable bonds is 1. The lowest BCUT2D eigenvalue weighted by Gasteiger charge is -2.16. The van der Waals surface area contributed by atoms with E-state index in [1.165, 1.54) is 43.8 Å². The molecule has 0 radical (unpaired) electrons. The first-order valence-electron chi connectivity index (χ1n) is 11.7. The Morgan fingerprint density at radius 1 is 0.367 bits per heavy atom. The lowest BCUT2D eigenvalue weighted by atomic mass is 9.88. The van der Waals surface area contributed by atoms with Crippen LogP contribution in [0, 0.1) is 13.8 Å². The highest BCUT2D eigenvalue weighted by molar-refractivity contribution is 6.07. The zero-order valence-electron chi connectivity index (χ0n) is 20.9. The van der Waals surface area contributed by atoms with Crippen LogP contribution >= 0.6 is 0 Å². The molecule has 0 aliphatic rings. The van der Waals surface area contributed by atoms with E-state index in [1.807, 2.05) is 55.4 Å². The van der Waals surface area contributed by atoms with Crippen LogP contribution in [0.1, 0.15) is 66.5 Å². The summed E-state index contributed by atoms with van der Waals surface area (Å²) >= 11 is 0. The van der Waals surface area contributed by atoms with Gasteiger partial charge in [0.25, 0.3) is 0 Å². The molecule has 0 bridgehead atoms. The molecule has 0 unspecified atom stereocenters. The highest BCUT2D eigenvalue weighted by atomic mass is 14.2. The molecule has 0 atom stereocenters. The second-order valence-electron chi connectivity index (χ2n) is 5.96. The SMILES string of the molecule is CC.CC.CC.CC.Cc1ccc2ccccc2c1-c1c(C)ccc2ccccc12. The first-order chi connectivity index (χ1) is 14.8. The lowest BCUT2D eigenvalue weighted by Crippen LogP contribution is -1.91. The van der Waals surface area contributed by atoms with Gasteiger partial charge >= 0.3 is 0 Å². The standard InChI is InChI=1S/C22H18.4C2H6/c1-15-11-13-17-7-3-5-9-19(17)21(15)22-16(2)12-14-18-8-4-6-10-20(18)22;4*1-2/h3-14H,1-2H3;4*1-2H3. The van der Waals surface area contributed by atoms with Gasteiger partial charge in [-0.05, 0) is 57.6 Å². The van der Waals surface area contributed by atoms with Crippen molar-refractivity contribution in [2.24, 2.45) is 0 Å². The average molecular weight is 403 g/mol. The molecule has 0 heteroatoms. The van der Waals surface area contributed by atoms with Gasteiger partial charge in [0.05, 0.1) is 0 Å². The van der Waals surface area contributed by atoms with Crippen molar-refractivity contribution in [1.29, 1.82) is 0 Å². The van der Waals surface area contributed by atoms with E-state index in [0.717, 1.165) is 0 Å². The Hall–Kier alpha value is -2.60. The molecule has 4 aromatic carbocycles. The van der Waals surface area contributed by atoms with Crippen molar-refractivity contribution >= 4 is 21.5 Å². The fraction of sp³-hybridized carbons (Fsp3) is 0.333. The molecule has 0 aliphatic heterocycles. The van der Waals surface area contributed by atoms with E-state index in [0.29, 0.717) is 0 Å². The Kier molecular flexibility index (Phi) is 13.9. The zero-order chi connectivity index (χ0) is 23.1. The molecule has 0 saturated heterocycles. The summed E-state index contributed by atoms with van der Waals surface area (Å²) in [5, 5.41) is 5.27. The smallest absolute Gasteiger partial charge is 0.00672 e. The predicted octanol–water partition coefficient (Wildman–Crippen LogP) is 10.4. The van der Waals surface area contributed by atoms with Gasteiger partial charge in [0.1, 0.15) is 0 Å². The largest absolute Gasteiger partial charge is 0.0683 e. The molecular weight excluding hydrogens is 360 g/mol. The summed E-state index contributed by atoms with van der Waals surface area (Å²) in [6.07, 6.45) is 0. The summed E-state index contributed by atoms with van der Waals surface area (Å²) in [6.45, 7) is 20.4. The van der Waals surface area contributed by atoms with Crippen LogP contribution in [-0.2, 0) is 0 Å². The van der Waals surface area contributed by atoms with Crippen LogP contribution in [0.4, 0.5) is 0 Å². The predicted molar refractivity (Wildman–Crippen MR) is 142 cm³/mol. The fourth-order valence-electron chi connectivity index (χ4n) is 3.42. The topological polar surface area (TPSA) is 0 Å². The molecule has 0 spiro atoms. The quantitative estimate of drug-likeness (QED) is 0.297. The molecule has 0 fully saturated rings. The van der Waals surface area contributed by atoms with E-state index in [-0.39, 0.29) is 0 Å². The Labute approximate surface area is 186 Å². The summed E-state index contributed by atoms with van der Waals surface area (Å²) in [7, 11) is 0. The number of fused-ring (bicyclic) bond motifs is 2. The summed E-state index contributed by atoms with van der Waals surface area (Å²) in [5.41, 5.74) is 5.40. The van der Waals surface area contributed by atoms with Crippen LogP contribution in [0.15, 0.2) is 72.8 Å². The molecule has 0 aromatic heterocycles. The van der Waals surface area contributed by atoms with Crippen LogP contribution in [-0.4, -0.2) is 0 Å². The first kappa shape index (κ1) is 27.4. The second-order valence-corrected chi connectivity index (χ2v) is 5.96. The van der Waals surface area contributed by atoms with Crippen molar-refractivity contribution in [1.82, 2.24) is 0 Å². The van der Waals surface area contributed by atoms with Crippen LogP contribution in [0.3, 0.4) is 0 Å². The van der Waals surface area contributed by atoms with Gasteiger partial charge in [0, 0.05) is 0 Å². The third-order valence-corrected chi connectivity index (χ3v) is 4.52. The maximum Gasteiger partial charge on any atom is -0.00672 e. The van der Waals surface area contributed by atoms with Gasteiger partial charge < -0.3 is 0 Å². The van der Waals surface area contributed by atoms with Crippen molar-refractivity contribution in [2.75, 3.05) is 0 Å². The third kappa shape index (κ3) is 6.20. The van der Waals surface area contributed by atoms with Gasteiger partial charge in [-0.3, -0.25) is 0 Å². The van der Waals surface area contributed by atoms with Crippen molar-refractivity contribution in [3.05, 3.63) is 83.9 Å². The van der Waals surface area contributed by atoms with Gasteiger partial charge in [-0.1, -0.05) is 128 Å². The monoisotopic (exact) mass is 402 g/mol. The summed E-state index contributed by atoms with van der Waals surface area (Å²) < 4.78 is 0. The Morgan fingerprint density at radius 2 is 0.667 bits per heavy atom. The van der Waals surface area contributed by atoms with Crippen LogP contribution in [0.25, 0.3) is 32.7 Å². The fourth-order valence-corrected chi connectivity index (χ4v) is 3.42. The molecule has 0 nitrogen and oxygen atoms in total. The lowest BCUT2D eigenvalue weighted by molar-refractivity contribution is 1.45. The van der Waals surface area contributed by atoms with Crippen LogP contribution in [0.5, 0.6) is 0 Å². The highest BCUT2D eigenvalue weighted by Crippen LogP contribution is 2.38. The Bertz CT molecular complexity index is 910. The molecule has 4 aromatic rings. The van der Waals surface area contributed by atoms with Crippen molar-refractivity contribution in [2.45, 2.75) is 69.2 Å². The van der Waals surface area contributed by atoms with Gasteiger partial charge in [0.2, 0.25) is 0 Å². The van der Waals surface area contributed by atoms with Gasteiger partial charge in [-0.25, -0.2) is 0 Å². The molecular formula is C30H42. The third-order valence-electron chi connectivity index (χ3n) is 4.52. The number of aryl methyl sites for hydroxylation is 2. The van der Waals surface area contributed by atoms with Crippen molar-refractivity contribution in [3.63, 3.8) is 0 Å². The molecule has 0 N–H and O–H groups in total. The summed E-state index contributed by atoms with van der Waals surface area (Å²) in [4.78, 5) is 0. The van der Waals surface area contributed by atoms with Gasteiger partial charge in [-0.2, -0.15) is 0 Å². The molecule has 0 saturated carbocycles. The second kappa shape index (κ2) is 15.3. The minimum Gasteiger partial charge on any atom is -0.0683 e. The van der Waals surface area contributed by atoms with Crippen molar-refractivity contribution in [3.8, 4) is 11.1 Å². The summed E-state index contributed by atoms with van der Waals surface area (Å²) in [6, 6.07) is 26.2. The molecule has 162 valence electrons. The van der Waals surface area contributed by atoms with E-state index in [9.17, 15) is 0 Å². The van der Waals surface area contributed by atoms with E-state index < -0.39 is 0 Å². The number of hydrogen-bond donors (Lipinski definition) is 0. The minimum absolute atomic E-state index is 1.30. The van der Waals surface area contributed by atoms with Gasteiger partial charge in [-0.15, -0.1) is 0 Å². The molecule has 4 rings (SSSR count). The summed E-state index contributed by atoms with van der Waals surface area (Å²) in [5.74, 6) is 0. The molecule has 0 aliphatic carbocycles. The average Bonchev–Trinajstić information content (AvgIpc) is 2.85. The van der Waals surface area contributed by atoms with E-state index in [4.69, 9.17) is 0 Å².